The number of aliphatic hydroxyl groups excluding tert-OH is 1. The van der Waals surface area contributed by atoms with Crippen LogP contribution < -0.4 is 5.32 Å². The number of fused-ring (bicyclic) bond motifs is 2. The average Bonchev–Trinajstić information content (AvgIpc) is 3.48. The lowest BCUT2D eigenvalue weighted by molar-refractivity contribution is -0.121. The number of benzene rings is 4. The smallest absolute Gasteiger partial charge is 0.238 e. The number of unbranched alkanes of at least 4 members (excludes halogenated alkanes) is 1. The van der Waals surface area contributed by atoms with Crippen LogP contribution in [0, 0.1) is 11.8 Å². The minimum absolute atomic E-state index is 0.00181. The van der Waals surface area contributed by atoms with Gasteiger partial charge in [-0.15, -0.1) is 0 Å². The van der Waals surface area contributed by atoms with Gasteiger partial charge in [-0.2, -0.15) is 0 Å². The highest BCUT2D eigenvalue weighted by atomic mass is 35.5. The Morgan fingerprint density at radius 2 is 1.29 bits per heavy atom. The zero-order valence-electron chi connectivity index (χ0n) is 25.1. The number of nitrogens with one attached hydrogen (secondary N) is 1. The van der Waals surface area contributed by atoms with Crippen LogP contribution in [-0.2, 0) is 25.8 Å². The Kier molecular flexibility index (Phi) is 9.19. The molecule has 3 atom stereocenters. The summed E-state index contributed by atoms with van der Waals surface area (Å²) in [4.78, 5) is 64.7. The molecule has 0 aliphatic heterocycles. The number of anilines is 1. The van der Waals surface area contributed by atoms with Crippen LogP contribution in [0.15, 0.2) is 94.7 Å². The van der Waals surface area contributed by atoms with E-state index in [2.05, 4.69) is 5.32 Å². The fraction of sp³-hybridized carbons (Fsp3) is 0.194. The average molecular weight is 705 g/mol. The van der Waals surface area contributed by atoms with Crippen LogP contribution in [0.4, 0.5) is 5.69 Å². The van der Waals surface area contributed by atoms with Crippen molar-refractivity contribution >= 4 is 67.8 Å². The molecule has 2 N–H and O–H groups in total. The lowest BCUT2D eigenvalue weighted by Crippen LogP contribution is -2.29. The van der Waals surface area contributed by atoms with E-state index in [0.717, 1.165) is 17.7 Å². The van der Waals surface area contributed by atoms with E-state index in [0.29, 0.717) is 35.0 Å². The van der Waals surface area contributed by atoms with Crippen molar-refractivity contribution in [1.29, 1.82) is 0 Å². The van der Waals surface area contributed by atoms with Gasteiger partial charge in [0.15, 0.2) is 23.1 Å². The van der Waals surface area contributed by atoms with E-state index in [-0.39, 0.29) is 38.5 Å². The van der Waals surface area contributed by atoms with Crippen molar-refractivity contribution < 1.29 is 37.5 Å². The number of hydrogen-bond donors (Lipinski definition) is 2. The van der Waals surface area contributed by atoms with Gasteiger partial charge >= 0.3 is 0 Å². The first kappa shape index (κ1) is 33.4. The summed E-state index contributed by atoms with van der Waals surface area (Å²) in [5, 5.41) is 14.6. The van der Waals surface area contributed by atoms with E-state index >= 15 is 0 Å². The molecule has 12 heteroatoms. The first-order valence-electron chi connectivity index (χ1n) is 15.0. The maximum Gasteiger partial charge on any atom is 0.238 e. The molecule has 0 heterocycles. The topological polar surface area (TPSA) is 152 Å². The molecule has 9 nitrogen and oxygen atoms in total. The van der Waals surface area contributed by atoms with Gasteiger partial charge in [-0.1, -0.05) is 35.3 Å². The minimum Gasteiger partial charge on any atom is -0.387 e. The molecule has 0 radical (unpaired) electrons. The van der Waals surface area contributed by atoms with Gasteiger partial charge in [0.05, 0.1) is 15.9 Å². The Morgan fingerprint density at radius 3 is 1.96 bits per heavy atom. The zero-order valence-corrected chi connectivity index (χ0v) is 27.4. The molecule has 3 unspecified atom stereocenters. The summed E-state index contributed by atoms with van der Waals surface area (Å²) < 4.78 is 27.4. The molecule has 4 aromatic rings. The van der Waals surface area contributed by atoms with Gasteiger partial charge in [0.2, 0.25) is 15.7 Å². The third-order valence-electron chi connectivity index (χ3n) is 8.64. The molecule has 0 aromatic heterocycles. The first-order chi connectivity index (χ1) is 22.9. The van der Waals surface area contributed by atoms with E-state index in [9.17, 15) is 37.5 Å². The highest BCUT2D eigenvalue weighted by Gasteiger charge is 2.45. The molecule has 4 aromatic carbocycles. The number of Topliss-reactive ketones (excluding diaryl/α,β-unsaturated/α-hetero) is 4. The molecule has 2 aliphatic carbocycles. The fourth-order valence-corrected chi connectivity index (χ4v) is 7.65. The molecule has 2 aliphatic rings. The largest absolute Gasteiger partial charge is 0.387 e. The summed E-state index contributed by atoms with van der Waals surface area (Å²) in [5.74, 6) is -6.41. The van der Waals surface area contributed by atoms with Gasteiger partial charge in [-0.05, 0) is 103 Å². The second-order valence-corrected chi connectivity index (χ2v) is 14.5. The van der Waals surface area contributed by atoms with Gasteiger partial charge in [-0.3, -0.25) is 24.0 Å². The van der Waals surface area contributed by atoms with Crippen LogP contribution in [0.5, 0.6) is 0 Å². The van der Waals surface area contributed by atoms with E-state index in [1.165, 1.54) is 36.4 Å². The van der Waals surface area contributed by atoms with Crippen LogP contribution in [-0.4, -0.2) is 42.6 Å². The first-order valence-corrected chi connectivity index (χ1v) is 17.3. The number of hydrogen-bond acceptors (Lipinski definition) is 8. The van der Waals surface area contributed by atoms with Gasteiger partial charge in [-0.25, -0.2) is 8.42 Å². The number of sulfone groups is 1. The molecule has 0 fully saturated rings. The van der Waals surface area contributed by atoms with Crippen molar-refractivity contribution in [1.82, 2.24) is 0 Å². The van der Waals surface area contributed by atoms with Crippen LogP contribution in [0.3, 0.4) is 0 Å². The number of rotatable bonds is 10. The highest BCUT2D eigenvalue weighted by Crippen LogP contribution is 2.39. The number of ketones is 4. The minimum atomic E-state index is -4.33. The second-order valence-electron chi connectivity index (χ2n) is 11.7. The second kappa shape index (κ2) is 13.2. The quantitative estimate of drug-likeness (QED) is 0.144. The molecule has 244 valence electrons. The molecule has 0 saturated heterocycles. The molecule has 0 spiro atoms. The summed E-state index contributed by atoms with van der Waals surface area (Å²) in [6.45, 7) is 0. The summed E-state index contributed by atoms with van der Waals surface area (Å²) >= 11 is 11.8. The van der Waals surface area contributed by atoms with Crippen LogP contribution in [0.25, 0.3) is 0 Å². The van der Waals surface area contributed by atoms with Crippen molar-refractivity contribution in [2.45, 2.75) is 41.6 Å². The fourth-order valence-electron chi connectivity index (χ4n) is 6.07. The standard InChI is InChI=1S/C36H27Cl2NO8S/c37-20-7-5-19(6-8-20)3-1-2-4-29(40)30-32(41)25-15-13-23(17-27(25)34(30)43)48(46,47)24-14-16-26-28(18-24)35(44)31(33(26)42)36(45)39-22-11-9-21(38)10-12-22/h5-18,30-31,35,44H,1-4H2,(H,39,45). The molecular weight excluding hydrogens is 677 g/mol. The van der Waals surface area contributed by atoms with Crippen LogP contribution >= 0.6 is 23.2 Å². The summed E-state index contributed by atoms with van der Waals surface area (Å²) in [6, 6.07) is 20.5. The van der Waals surface area contributed by atoms with Crippen molar-refractivity contribution in [3.05, 3.63) is 123 Å². The summed E-state index contributed by atoms with van der Waals surface area (Å²) in [6.07, 6.45) is 0.220. The van der Waals surface area contributed by atoms with E-state index in [1.807, 2.05) is 12.1 Å². The van der Waals surface area contributed by atoms with Crippen molar-refractivity contribution in [3.8, 4) is 0 Å². The summed E-state index contributed by atoms with van der Waals surface area (Å²) in [5.41, 5.74) is 1.18. The van der Waals surface area contributed by atoms with Crippen LogP contribution in [0.2, 0.25) is 10.0 Å². The molecule has 0 saturated carbocycles. The number of carbonyl (C=O) groups excluding carboxylic acids is 5. The molecule has 0 bridgehead atoms. The van der Waals surface area contributed by atoms with Crippen molar-refractivity contribution in [2.24, 2.45) is 11.8 Å². The lowest BCUT2D eigenvalue weighted by atomic mass is 9.94. The Hall–Kier alpha value is -4.48. The number of amides is 1. The Bertz CT molecular complexity index is 2110. The molecule has 48 heavy (non-hydrogen) atoms. The predicted octanol–water partition coefficient (Wildman–Crippen LogP) is 6.29. The highest BCUT2D eigenvalue weighted by molar-refractivity contribution is 7.91. The SMILES string of the molecule is O=C(CCCCc1ccc(Cl)cc1)C1C(=O)c2ccc(S(=O)(=O)c3ccc4c(c3)C(O)C(C(=O)Nc3ccc(Cl)cc3)C4=O)cc2C1=O. The third kappa shape index (κ3) is 6.24. The van der Waals surface area contributed by atoms with E-state index < -0.39 is 56.8 Å². The molecule has 6 rings (SSSR count). The number of carbonyl (C=O) groups is 5. The Labute approximate surface area is 285 Å². The van der Waals surface area contributed by atoms with Crippen molar-refractivity contribution in [3.63, 3.8) is 0 Å². The monoisotopic (exact) mass is 703 g/mol. The van der Waals surface area contributed by atoms with Crippen LogP contribution in [0.1, 0.15) is 67.6 Å². The molecule has 1 amide bonds. The van der Waals surface area contributed by atoms with E-state index in [4.69, 9.17) is 23.2 Å². The zero-order chi connectivity index (χ0) is 34.3. The number of aliphatic hydroxyl groups is 1. The number of halogens is 2. The normalized spacial score (nSPS) is 18.5. The third-order valence-corrected chi connectivity index (χ3v) is 10.9. The molecular formula is C36H27Cl2NO8S. The Morgan fingerprint density at radius 1 is 0.708 bits per heavy atom. The lowest BCUT2D eigenvalue weighted by Gasteiger charge is -2.14. The Balaban J connectivity index is 1.16. The summed E-state index contributed by atoms with van der Waals surface area (Å²) in [7, 11) is -4.33. The maximum absolute atomic E-state index is 13.7. The van der Waals surface area contributed by atoms with Gasteiger partial charge in [0.25, 0.3) is 0 Å². The van der Waals surface area contributed by atoms with Gasteiger partial charge in [0, 0.05) is 38.8 Å². The predicted molar refractivity (Wildman–Crippen MR) is 177 cm³/mol. The van der Waals surface area contributed by atoms with E-state index in [1.54, 1.807) is 24.3 Å². The van der Waals surface area contributed by atoms with Crippen molar-refractivity contribution in [2.75, 3.05) is 5.32 Å². The number of aryl methyl sites for hydroxylation is 1. The van der Waals surface area contributed by atoms with Gasteiger partial charge < -0.3 is 10.4 Å². The maximum atomic E-state index is 13.7. The van der Waals surface area contributed by atoms with Gasteiger partial charge in [0.1, 0.15) is 11.8 Å².